The second kappa shape index (κ2) is 17.6. The average Bonchev–Trinajstić information content (AvgIpc) is 3.52. The molecular weight excluding hydrogens is 799 g/mol. The van der Waals surface area contributed by atoms with Gasteiger partial charge in [-0.3, -0.25) is 43.9 Å². The van der Waals surface area contributed by atoms with Crippen molar-refractivity contribution in [2.75, 3.05) is 66.0 Å². The fourth-order valence-electron chi connectivity index (χ4n) is 8.99. The molecule has 17 heteroatoms. The van der Waals surface area contributed by atoms with Crippen LogP contribution >= 0.6 is 0 Å². The number of amides is 5. The van der Waals surface area contributed by atoms with E-state index >= 15 is 0 Å². The predicted octanol–water partition coefficient (Wildman–Crippen LogP) is 3.50. The molecule has 4 aromatic rings. The first kappa shape index (κ1) is 42.4. The van der Waals surface area contributed by atoms with Gasteiger partial charge in [-0.2, -0.15) is 0 Å². The number of nitrogens with one attached hydrogen (secondary N) is 2. The van der Waals surface area contributed by atoms with Crippen molar-refractivity contribution in [3.63, 3.8) is 0 Å². The van der Waals surface area contributed by atoms with Crippen LogP contribution in [0, 0.1) is 0 Å². The van der Waals surface area contributed by atoms with Gasteiger partial charge >= 0.3 is 0 Å². The molecule has 2 aromatic carbocycles. The van der Waals surface area contributed by atoms with Crippen LogP contribution in [0.25, 0.3) is 21.9 Å². The number of morpholine rings is 1. The van der Waals surface area contributed by atoms with E-state index in [2.05, 4.69) is 20.5 Å². The highest BCUT2D eigenvalue weighted by Gasteiger charge is 2.45. The van der Waals surface area contributed by atoms with E-state index in [0.717, 1.165) is 52.9 Å². The summed E-state index contributed by atoms with van der Waals surface area (Å²) in [5.41, 5.74) is 2.40. The fourth-order valence-corrected chi connectivity index (χ4v) is 8.99. The molecule has 0 aliphatic carbocycles. The highest BCUT2D eigenvalue weighted by atomic mass is 16.5. The summed E-state index contributed by atoms with van der Waals surface area (Å²) in [7, 11) is 6.79. The van der Waals surface area contributed by atoms with Crippen molar-refractivity contribution in [3.05, 3.63) is 75.8 Å². The van der Waals surface area contributed by atoms with Crippen LogP contribution in [-0.4, -0.2) is 126 Å². The van der Waals surface area contributed by atoms with Crippen LogP contribution in [-0.2, 0) is 32.7 Å². The van der Waals surface area contributed by atoms with E-state index in [1.807, 2.05) is 23.2 Å². The highest BCUT2D eigenvalue weighted by Crippen LogP contribution is 2.40. The Hall–Kier alpha value is -6.33. The first-order valence-corrected chi connectivity index (χ1v) is 21.0. The molecule has 5 amide bonds. The minimum absolute atomic E-state index is 0.0501. The molecule has 8 rings (SSSR count). The summed E-state index contributed by atoms with van der Waals surface area (Å²) in [6.07, 6.45) is 6.76. The molecule has 1 atom stereocenters. The number of imide groups is 2. The Morgan fingerprint density at radius 1 is 0.935 bits per heavy atom. The van der Waals surface area contributed by atoms with Crippen LogP contribution in [0.15, 0.2) is 53.6 Å². The molecule has 2 N–H and O–H groups in total. The lowest BCUT2D eigenvalue weighted by Gasteiger charge is -2.47. The van der Waals surface area contributed by atoms with Crippen molar-refractivity contribution in [1.82, 2.24) is 29.6 Å². The zero-order valence-corrected chi connectivity index (χ0v) is 35.4. The zero-order valence-electron chi connectivity index (χ0n) is 35.4. The number of unbranched alkanes of at least 4 members (excludes halogenated alkanes) is 1. The maximum Gasteiger partial charge on any atom is 0.262 e. The molecule has 0 saturated carbocycles. The number of pyridine rings is 2. The van der Waals surface area contributed by atoms with Crippen molar-refractivity contribution in [2.24, 2.45) is 7.05 Å². The predicted molar refractivity (Wildman–Crippen MR) is 227 cm³/mol. The van der Waals surface area contributed by atoms with Gasteiger partial charge in [0.05, 0.1) is 55.1 Å². The summed E-state index contributed by atoms with van der Waals surface area (Å²) in [5, 5.41) is 6.49. The Balaban J connectivity index is 0.829. The number of carbonyl (C=O) groups excluding carboxylic acids is 5. The monoisotopic (exact) mass is 849 g/mol. The minimum atomic E-state index is -1.03. The Labute approximate surface area is 358 Å². The van der Waals surface area contributed by atoms with Crippen LogP contribution in [0.4, 0.5) is 5.82 Å². The number of methoxy groups -OCH3 is 2. The number of hydrogen-bond donors (Lipinski definition) is 2. The molecule has 17 nitrogen and oxygen atoms in total. The third kappa shape index (κ3) is 8.21. The second-order valence-corrected chi connectivity index (χ2v) is 16.3. The molecule has 4 aliphatic rings. The number of piperidine rings is 2. The SMILES string of the molecule is CNc1cc2c(=O)n(C)cc(-c3cc(OC)c(CN4CCC5(CC4)CN(C(=O)CCCCOc4ccc6c(c4)C(=O)N(C4CCC(=O)NC4=O)C6=O)CCO5)c(OC)c3)c2cn1. The summed E-state index contributed by atoms with van der Waals surface area (Å²) in [5.74, 6) is 0.197. The number of anilines is 1. The maximum absolute atomic E-state index is 13.4. The molecule has 3 fully saturated rings. The van der Waals surface area contributed by atoms with Gasteiger partial charge in [-0.15, -0.1) is 0 Å². The molecule has 4 aliphatic heterocycles. The quantitative estimate of drug-likeness (QED) is 0.147. The number of carbonyl (C=O) groups is 5. The number of rotatable bonds is 13. The first-order chi connectivity index (χ1) is 29.9. The molecule has 1 spiro atoms. The van der Waals surface area contributed by atoms with E-state index in [1.54, 1.807) is 51.2 Å². The van der Waals surface area contributed by atoms with Gasteiger partial charge in [0, 0.05) is 83.0 Å². The van der Waals surface area contributed by atoms with Crippen molar-refractivity contribution in [2.45, 2.75) is 63.1 Å². The van der Waals surface area contributed by atoms with Gasteiger partial charge in [0.1, 0.15) is 29.1 Å². The summed E-state index contributed by atoms with van der Waals surface area (Å²) >= 11 is 0. The van der Waals surface area contributed by atoms with Crippen molar-refractivity contribution >= 4 is 46.1 Å². The zero-order chi connectivity index (χ0) is 43.7. The van der Waals surface area contributed by atoms with Crippen LogP contribution in [0.3, 0.4) is 0 Å². The lowest BCUT2D eigenvalue weighted by Crippen LogP contribution is -2.57. The van der Waals surface area contributed by atoms with Gasteiger partial charge in [-0.05, 0) is 74.1 Å². The van der Waals surface area contributed by atoms with E-state index in [1.165, 1.54) is 12.1 Å². The van der Waals surface area contributed by atoms with E-state index < -0.39 is 35.3 Å². The molecule has 2 aromatic heterocycles. The molecule has 62 heavy (non-hydrogen) atoms. The molecule has 326 valence electrons. The number of benzene rings is 2. The van der Waals surface area contributed by atoms with Gasteiger partial charge < -0.3 is 33.7 Å². The first-order valence-electron chi connectivity index (χ1n) is 21.0. The van der Waals surface area contributed by atoms with Crippen LogP contribution < -0.4 is 30.4 Å². The minimum Gasteiger partial charge on any atom is -0.496 e. The summed E-state index contributed by atoms with van der Waals surface area (Å²) in [6.45, 7) is 3.97. The number of hydrogen-bond acceptors (Lipinski definition) is 13. The molecule has 1 unspecified atom stereocenters. The number of fused-ring (bicyclic) bond motifs is 2. The van der Waals surface area contributed by atoms with E-state index in [9.17, 15) is 28.8 Å². The molecule has 0 bridgehead atoms. The smallest absolute Gasteiger partial charge is 0.262 e. The van der Waals surface area contributed by atoms with Crippen molar-refractivity contribution in [1.29, 1.82) is 0 Å². The number of aryl methyl sites for hydroxylation is 1. The number of nitrogens with zero attached hydrogens (tertiary/aromatic N) is 5. The fraction of sp³-hybridized carbons (Fsp3) is 0.444. The van der Waals surface area contributed by atoms with Gasteiger partial charge in [-0.25, -0.2) is 4.98 Å². The normalized spacial score (nSPS) is 18.9. The Bertz CT molecular complexity index is 2490. The molecule has 6 heterocycles. The third-order valence-corrected chi connectivity index (χ3v) is 12.5. The Morgan fingerprint density at radius 2 is 1.68 bits per heavy atom. The van der Waals surface area contributed by atoms with Crippen LogP contribution in [0.1, 0.15) is 71.2 Å². The summed E-state index contributed by atoms with van der Waals surface area (Å²) in [6, 6.07) is 9.32. The van der Waals surface area contributed by atoms with Crippen LogP contribution in [0.5, 0.6) is 17.2 Å². The van der Waals surface area contributed by atoms with E-state index in [4.69, 9.17) is 18.9 Å². The maximum atomic E-state index is 13.4. The topological polar surface area (TPSA) is 191 Å². The summed E-state index contributed by atoms with van der Waals surface area (Å²) < 4.78 is 25.8. The molecule has 3 saturated heterocycles. The largest absolute Gasteiger partial charge is 0.496 e. The second-order valence-electron chi connectivity index (χ2n) is 16.3. The molecular formula is C45H51N7O10. The number of likely N-dealkylation sites (tertiary alicyclic amines) is 1. The standard InChI is InChI=1S/C45H51N7O10/c1-46-38-22-31-32(23-47-38)33(24-49(2)42(31)56)27-19-36(59-3)34(37(20-27)60-4)25-50-14-12-45(13-15-50)26-51(16-18-62-45)40(54)7-5-6-17-61-28-8-9-29-30(21-28)44(58)52(43(29)57)35-10-11-39(53)48-41(35)55/h8-9,19-24,35H,5-7,10-18,25-26H2,1-4H3,(H,46,47)(H,48,53,55). The van der Waals surface area contributed by atoms with Crippen LogP contribution in [0.2, 0.25) is 0 Å². The lowest BCUT2D eigenvalue weighted by atomic mass is 9.88. The number of aromatic nitrogens is 2. The van der Waals surface area contributed by atoms with E-state index in [-0.39, 0.29) is 35.4 Å². The van der Waals surface area contributed by atoms with Gasteiger partial charge in [0.25, 0.3) is 17.4 Å². The third-order valence-electron chi connectivity index (χ3n) is 12.5. The van der Waals surface area contributed by atoms with Gasteiger partial charge in [0.15, 0.2) is 0 Å². The summed E-state index contributed by atoms with van der Waals surface area (Å²) in [4.78, 5) is 86.2. The Morgan fingerprint density at radius 3 is 2.39 bits per heavy atom. The van der Waals surface area contributed by atoms with Gasteiger partial charge in [-0.1, -0.05) is 0 Å². The van der Waals surface area contributed by atoms with E-state index in [0.29, 0.717) is 80.6 Å². The highest BCUT2D eigenvalue weighted by molar-refractivity contribution is 6.23. The Kier molecular flexibility index (Phi) is 12.0. The number of ether oxygens (including phenoxy) is 4. The molecule has 0 radical (unpaired) electrons. The lowest BCUT2D eigenvalue weighted by molar-refractivity contribution is -0.159. The van der Waals surface area contributed by atoms with Crippen molar-refractivity contribution in [3.8, 4) is 28.4 Å². The van der Waals surface area contributed by atoms with Crippen molar-refractivity contribution < 1.29 is 42.9 Å². The van der Waals surface area contributed by atoms with Gasteiger partial charge in [0.2, 0.25) is 17.7 Å². The average molecular weight is 850 g/mol.